The number of amides is 1. The Morgan fingerprint density at radius 3 is 3.00 bits per heavy atom. The quantitative estimate of drug-likeness (QED) is 0.929. The molecule has 112 valence electrons. The first-order valence-electron chi connectivity index (χ1n) is 7.41. The summed E-state index contributed by atoms with van der Waals surface area (Å²) in [7, 11) is 0. The molecular formula is C15H21N5O. The highest BCUT2D eigenvalue weighted by Gasteiger charge is 2.28. The zero-order valence-electron chi connectivity index (χ0n) is 12.5. The van der Waals surface area contributed by atoms with Crippen LogP contribution >= 0.6 is 0 Å². The van der Waals surface area contributed by atoms with Gasteiger partial charge in [0.2, 0.25) is 5.91 Å². The van der Waals surface area contributed by atoms with Gasteiger partial charge in [-0.2, -0.15) is 5.10 Å². The van der Waals surface area contributed by atoms with E-state index in [9.17, 15) is 4.79 Å². The van der Waals surface area contributed by atoms with Gasteiger partial charge in [-0.05, 0) is 26.3 Å². The van der Waals surface area contributed by atoms with Crippen molar-refractivity contribution in [2.24, 2.45) is 0 Å². The molecule has 0 saturated carbocycles. The fourth-order valence-electron chi connectivity index (χ4n) is 2.84. The molecule has 6 nitrogen and oxygen atoms in total. The van der Waals surface area contributed by atoms with Crippen LogP contribution in [0, 0.1) is 13.8 Å². The number of hydrogen-bond donors (Lipinski definition) is 1. The second-order valence-corrected chi connectivity index (χ2v) is 5.72. The molecule has 1 aliphatic heterocycles. The summed E-state index contributed by atoms with van der Waals surface area (Å²) in [5.41, 5.74) is 2.16. The first kappa shape index (κ1) is 13.9. The maximum absolute atomic E-state index is 12.3. The van der Waals surface area contributed by atoms with Crippen molar-refractivity contribution in [3.8, 4) is 0 Å². The molecule has 21 heavy (non-hydrogen) atoms. The summed E-state index contributed by atoms with van der Waals surface area (Å²) >= 11 is 0. The van der Waals surface area contributed by atoms with Crippen LogP contribution in [0.3, 0.4) is 0 Å². The predicted octanol–water partition coefficient (Wildman–Crippen LogP) is 1.63. The van der Waals surface area contributed by atoms with Gasteiger partial charge in [-0.15, -0.1) is 0 Å². The van der Waals surface area contributed by atoms with Crippen molar-refractivity contribution < 1.29 is 4.79 Å². The van der Waals surface area contributed by atoms with Crippen molar-refractivity contribution in [1.29, 1.82) is 0 Å². The lowest BCUT2D eigenvalue weighted by Crippen LogP contribution is -2.29. The first-order valence-corrected chi connectivity index (χ1v) is 7.41. The molecule has 1 atom stereocenters. The van der Waals surface area contributed by atoms with E-state index in [0.29, 0.717) is 18.9 Å². The maximum Gasteiger partial charge on any atom is 0.224 e. The fraction of sp³-hybridized carbons (Fsp3) is 0.533. The zero-order valence-corrected chi connectivity index (χ0v) is 12.5. The van der Waals surface area contributed by atoms with E-state index in [1.807, 2.05) is 35.7 Å². The number of aromatic amines is 1. The lowest BCUT2D eigenvalue weighted by molar-refractivity contribution is -0.130. The Kier molecular flexibility index (Phi) is 3.77. The van der Waals surface area contributed by atoms with Crippen LogP contribution in [-0.4, -0.2) is 43.6 Å². The van der Waals surface area contributed by atoms with Crippen molar-refractivity contribution in [3.05, 3.63) is 35.7 Å². The second kappa shape index (κ2) is 5.71. The van der Waals surface area contributed by atoms with Crippen LogP contribution in [0.25, 0.3) is 0 Å². The molecule has 1 amide bonds. The fourth-order valence-corrected chi connectivity index (χ4v) is 2.84. The van der Waals surface area contributed by atoms with Gasteiger partial charge in [0, 0.05) is 55.8 Å². The Labute approximate surface area is 124 Å². The third-order valence-corrected chi connectivity index (χ3v) is 4.12. The van der Waals surface area contributed by atoms with Gasteiger partial charge in [-0.3, -0.25) is 9.48 Å². The molecule has 1 saturated heterocycles. The van der Waals surface area contributed by atoms with Crippen molar-refractivity contribution in [3.63, 3.8) is 0 Å². The molecule has 1 fully saturated rings. The van der Waals surface area contributed by atoms with Crippen LogP contribution < -0.4 is 0 Å². The Hall–Kier alpha value is -2.11. The summed E-state index contributed by atoms with van der Waals surface area (Å²) in [6.07, 6.45) is 5.11. The minimum absolute atomic E-state index is 0.204. The van der Waals surface area contributed by atoms with Crippen LogP contribution in [0.2, 0.25) is 0 Å². The van der Waals surface area contributed by atoms with Crippen molar-refractivity contribution in [1.82, 2.24) is 24.6 Å². The third-order valence-electron chi connectivity index (χ3n) is 4.12. The SMILES string of the molecule is Cc1cnc([C@@H]2CCN(C(=O)CCn3nccc3C)C2)[nH]1. The summed E-state index contributed by atoms with van der Waals surface area (Å²) in [4.78, 5) is 21.9. The molecule has 0 unspecified atom stereocenters. The van der Waals surface area contributed by atoms with E-state index in [-0.39, 0.29) is 5.91 Å². The van der Waals surface area contributed by atoms with Crippen molar-refractivity contribution in [2.45, 2.75) is 39.2 Å². The number of nitrogens with zero attached hydrogens (tertiary/aromatic N) is 4. The van der Waals surface area contributed by atoms with E-state index in [0.717, 1.165) is 36.7 Å². The van der Waals surface area contributed by atoms with E-state index in [2.05, 4.69) is 15.1 Å². The number of aromatic nitrogens is 4. The van der Waals surface area contributed by atoms with Gasteiger partial charge in [-0.1, -0.05) is 0 Å². The van der Waals surface area contributed by atoms with Crippen LogP contribution in [0.4, 0.5) is 0 Å². The van der Waals surface area contributed by atoms with Crippen LogP contribution in [0.15, 0.2) is 18.5 Å². The minimum Gasteiger partial charge on any atom is -0.346 e. The number of rotatable bonds is 4. The van der Waals surface area contributed by atoms with E-state index in [1.165, 1.54) is 0 Å². The number of carbonyl (C=O) groups is 1. The number of imidazole rings is 1. The maximum atomic E-state index is 12.3. The smallest absolute Gasteiger partial charge is 0.224 e. The summed E-state index contributed by atoms with van der Waals surface area (Å²) < 4.78 is 1.88. The average Bonchev–Trinajstić information content (AvgIpc) is 3.16. The lowest BCUT2D eigenvalue weighted by atomic mass is 10.1. The molecule has 3 rings (SSSR count). The number of aryl methyl sites for hydroxylation is 3. The molecular weight excluding hydrogens is 266 g/mol. The highest BCUT2D eigenvalue weighted by Crippen LogP contribution is 2.25. The van der Waals surface area contributed by atoms with Gasteiger partial charge >= 0.3 is 0 Å². The zero-order chi connectivity index (χ0) is 14.8. The van der Waals surface area contributed by atoms with Crippen molar-refractivity contribution in [2.75, 3.05) is 13.1 Å². The second-order valence-electron chi connectivity index (χ2n) is 5.72. The Bertz CT molecular complexity index is 630. The molecule has 1 aliphatic rings. The normalized spacial score (nSPS) is 18.4. The van der Waals surface area contributed by atoms with Crippen LogP contribution in [0.5, 0.6) is 0 Å². The monoisotopic (exact) mass is 287 g/mol. The standard InChI is InChI=1S/C15H21N5O/c1-11-9-16-15(18-11)13-4-7-19(10-13)14(21)5-8-20-12(2)3-6-17-20/h3,6,9,13H,4-5,7-8,10H2,1-2H3,(H,16,18)/t13-/m1/s1. The largest absolute Gasteiger partial charge is 0.346 e. The van der Waals surface area contributed by atoms with Gasteiger partial charge in [0.05, 0.1) is 0 Å². The lowest BCUT2D eigenvalue weighted by Gasteiger charge is -2.16. The van der Waals surface area contributed by atoms with Crippen LogP contribution in [0.1, 0.15) is 36.0 Å². The number of carbonyl (C=O) groups excluding carboxylic acids is 1. The Morgan fingerprint density at radius 1 is 1.48 bits per heavy atom. The number of nitrogens with one attached hydrogen (secondary N) is 1. The summed E-state index contributed by atoms with van der Waals surface area (Å²) in [6, 6.07) is 1.95. The van der Waals surface area contributed by atoms with Gasteiger partial charge in [0.1, 0.15) is 5.82 Å². The molecule has 3 heterocycles. The van der Waals surface area contributed by atoms with Crippen molar-refractivity contribution >= 4 is 5.91 Å². The number of hydrogen-bond acceptors (Lipinski definition) is 3. The molecule has 0 aliphatic carbocycles. The summed E-state index contributed by atoms with van der Waals surface area (Å²) in [6.45, 7) is 6.24. The van der Waals surface area contributed by atoms with Gasteiger partial charge < -0.3 is 9.88 Å². The van der Waals surface area contributed by atoms with E-state index in [1.54, 1.807) is 6.20 Å². The summed E-state index contributed by atoms with van der Waals surface area (Å²) in [5.74, 6) is 1.55. The van der Waals surface area contributed by atoms with E-state index < -0.39 is 0 Å². The molecule has 0 radical (unpaired) electrons. The summed E-state index contributed by atoms with van der Waals surface area (Å²) in [5, 5.41) is 4.21. The number of H-pyrrole nitrogens is 1. The van der Waals surface area contributed by atoms with Gasteiger partial charge in [0.15, 0.2) is 0 Å². The molecule has 0 spiro atoms. The first-order chi connectivity index (χ1) is 10.1. The third kappa shape index (κ3) is 2.99. The Balaban J connectivity index is 1.53. The van der Waals surface area contributed by atoms with Gasteiger partial charge in [-0.25, -0.2) is 4.98 Å². The predicted molar refractivity (Wildman–Crippen MR) is 78.8 cm³/mol. The molecule has 0 aromatic carbocycles. The molecule has 2 aromatic heterocycles. The van der Waals surface area contributed by atoms with E-state index in [4.69, 9.17) is 0 Å². The molecule has 6 heteroatoms. The van der Waals surface area contributed by atoms with Crippen LogP contribution in [-0.2, 0) is 11.3 Å². The van der Waals surface area contributed by atoms with E-state index >= 15 is 0 Å². The highest BCUT2D eigenvalue weighted by molar-refractivity contribution is 5.76. The molecule has 0 bridgehead atoms. The average molecular weight is 287 g/mol. The molecule has 1 N–H and O–H groups in total. The topological polar surface area (TPSA) is 66.8 Å². The Morgan fingerprint density at radius 2 is 2.33 bits per heavy atom. The van der Waals surface area contributed by atoms with Gasteiger partial charge in [0.25, 0.3) is 0 Å². The highest BCUT2D eigenvalue weighted by atomic mass is 16.2. The number of likely N-dealkylation sites (tertiary alicyclic amines) is 1. The minimum atomic E-state index is 0.204. The molecule has 2 aromatic rings.